The summed E-state index contributed by atoms with van der Waals surface area (Å²) < 4.78 is 34.4. The minimum Gasteiger partial charge on any atom is -0.497 e. The van der Waals surface area contributed by atoms with E-state index in [0.29, 0.717) is 39.2 Å². The third-order valence-corrected chi connectivity index (χ3v) is 5.24. The van der Waals surface area contributed by atoms with Crippen molar-refractivity contribution >= 4 is 22.6 Å². The van der Waals surface area contributed by atoms with Gasteiger partial charge in [-0.1, -0.05) is 0 Å². The number of hydrogen-bond donors (Lipinski definition) is 1. The quantitative estimate of drug-likeness (QED) is 0.560. The number of fused-ring (bicyclic) bond motifs is 2. The van der Waals surface area contributed by atoms with Crippen LogP contribution in [0.2, 0.25) is 0 Å². The van der Waals surface area contributed by atoms with Gasteiger partial charge in [-0.2, -0.15) is 5.10 Å². The molecule has 1 aliphatic carbocycles. The topological polar surface area (TPSA) is 95.9 Å². The van der Waals surface area contributed by atoms with Gasteiger partial charge in [0.1, 0.15) is 41.3 Å². The summed E-state index contributed by atoms with van der Waals surface area (Å²) in [6.07, 6.45) is 1.54. The Kier molecular flexibility index (Phi) is 3.99. The Morgan fingerprint density at radius 3 is 2.77 bits per heavy atom. The van der Waals surface area contributed by atoms with Crippen LogP contribution in [0.3, 0.4) is 0 Å². The zero-order chi connectivity index (χ0) is 21.0. The molecule has 1 atom stereocenters. The van der Waals surface area contributed by atoms with Crippen LogP contribution >= 0.6 is 0 Å². The number of halogens is 2. The minimum atomic E-state index is -0.720. The van der Waals surface area contributed by atoms with Crippen LogP contribution < -0.4 is 10.5 Å². The predicted molar refractivity (Wildman–Crippen MR) is 105 cm³/mol. The molecule has 0 amide bonds. The van der Waals surface area contributed by atoms with Crippen molar-refractivity contribution in [3.8, 4) is 17.0 Å². The first-order chi connectivity index (χ1) is 14.5. The summed E-state index contributed by atoms with van der Waals surface area (Å²) in [4.78, 5) is 21.3. The van der Waals surface area contributed by atoms with Crippen molar-refractivity contribution in [3.63, 3.8) is 0 Å². The molecule has 0 aliphatic heterocycles. The van der Waals surface area contributed by atoms with E-state index >= 15 is 0 Å². The van der Waals surface area contributed by atoms with Gasteiger partial charge in [-0.25, -0.2) is 23.4 Å². The van der Waals surface area contributed by atoms with Gasteiger partial charge >= 0.3 is 0 Å². The van der Waals surface area contributed by atoms with E-state index in [2.05, 4.69) is 15.1 Å². The molecule has 0 fully saturated rings. The van der Waals surface area contributed by atoms with Crippen molar-refractivity contribution in [2.75, 3.05) is 12.8 Å². The number of Topliss-reactive ketones (excluding diaryl/α,β-unsaturated/α-hetero) is 1. The minimum absolute atomic E-state index is 0.151. The average Bonchev–Trinajstić information content (AvgIpc) is 3.26. The van der Waals surface area contributed by atoms with Crippen LogP contribution in [-0.4, -0.2) is 32.6 Å². The largest absolute Gasteiger partial charge is 0.497 e. The Morgan fingerprint density at radius 1 is 1.13 bits per heavy atom. The molecule has 9 heteroatoms. The summed E-state index contributed by atoms with van der Waals surface area (Å²) in [6, 6.07) is 7.51. The number of carbonyl (C=O) groups is 1. The molecular weight excluding hydrogens is 392 g/mol. The average molecular weight is 407 g/mol. The van der Waals surface area contributed by atoms with Crippen molar-refractivity contribution < 1.29 is 18.3 Å². The number of ether oxygens (including phenoxy) is 1. The first-order valence-corrected chi connectivity index (χ1v) is 9.12. The Labute approximate surface area is 169 Å². The zero-order valence-electron chi connectivity index (χ0n) is 15.8. The van der Waals surface area contributed by atoms with Crippen LogP contribution in [0.15, 0.2) is 42.7 Å². The first-order valence-electron chi connectivity index (χ1n) is 9.12. The Morgan fingerprint density at radius 2 is 1.97 bits per heavy atom. The van der Waals surface area contributed by atoms with Crippen LogP contribution in [0.25, 0.3) is 22.3 Å². The molecule has 2 N–H and O–H groups in total. The molecule has 4 aromatic rings. The van der Waals surface area contributed by atoms with Gasteiger partial charge in [0.2, 0.25) is 0 Å². The molecule has 0 bridgehead atoms. The summed E-state index contributed by atoms with van der Waals surface area (Å²) in [5.41, 5.74) is 8.21. The number of aromatic nitrogens is 4. The summed E-state index contributed by atoms with van der Waals surface area (Å²) in [6.45, 7) is 0. The zero-order valence-corrected chi connectivity index (χ0v) is 15.8. The fourth-order valence-corrected chi connectivity index (χ4v) is 3.88. The van der Waals surface area contributed by atoms with Crippen LogP contribution in [0.1, 0.15) is 22.0 Å². The van der Waals surface area contributed by atoms with Gasteiger partial charge < -0.3 is 10.5 Å². The second-order valence-electron chi connectivity index (χ2n) is 7.02. The number of carbonyl (C=O) groups excluding carboxylic acids is 1. The number of benzene rings is 2. The molecule has 150 valence electrons. The van der Waals surface area contributed by atoms with E-state index in [1.165, 1.54) is 48.5 Å². The van der Waals surface area contributed by atoms with E-state index in [1.807, 2.05) is 0 Å². The SMILES string of the molecule is COc1cc(F)cc(-c2nn(C3Cc4cc(F)ccc4C3=O)c3ncnc(N)c23)c1. The molecule has 0 saturated carbocycles. The predicted octanol–water partition coefficient (Wildman–Crippen LogP) is 3.34. The molecule has 2 aromatic heterocycles. The molecule has 0 spiro atoms. The van der Waals surface area contributed by atoms with Gasteiger partial charge in [-0.05, 0) is 35.9 Å². The summed E-state index contributed by atoms with van der Waals surface area (Å²) >= 11 is 0. The van der Waals surface area contributed by atoms with Gasteiger partial charge in [0.05, 0.1) is 12.5 Å². The van der Waals surface area contributed by atoms with E-state index in [-0.39, 0.29) is 18.0 Å². The van der Waals surface area contributed by atoms with Gasteiger partial charge in [0.25, 0.3) is 0 Å². The molecule has 2 heterocycles. The van der Waals surface area contributed by atoms with Crippen LogP contribution in [0.4, 0.5) is 14.6 Å². The van der Waals surface area contributed by atoms with Crippen molar-refractivity contribution in [2.45, 2.75) is 12.5 Å². The van der Waals surface area contributed by atoms with Gasteiger partial charge in [0.15, 0.2) is 11.4 Å². The summed E-state index contributed by atoms with van der Waals surface area (Å²) in [5.74, 6) is -0.662. The molecule has 1 unspecified atom stereocenters. The van der Waals surface area contributed by atoms with Crippen molar-refractivity contribution in [1.82, 2.24) is 19.7 Å². The highest BCUT2D eigenvalue weighted by atomic mass is 19.1. The maximum atomic E-state index is 14.1. The van der Waals surface area contributed by atoms with Gasteiger partial charge in [-0.3, -0.25) is 4.79 Å². The lowest BCUT2D eigenvalue weighted by molar-refractivity contribution is 0.0937. The van der Waals surface area contributed by atoms with E-state index in [0.717, 1.165) is 0 Å². The lowest BCUT2D eigenvalue weighted by Crippen LogP contribution is -2.17. The molecule has 2 aromatic carbocycles. The standard InChI is InChI=1S/C21H15F2N5O2/c1-30-14-6-11(5-13(23)8-14)18-17-20(24)25-9-26-21(17)28(27-18)16-7-10-4-12(22)2-3-15(10)19(16)29/h2-6,8-9,16H,7H2,1H3,(H2,24,25,26). The number of nitrogen functional groups attached to an aromatic ring is 1. The van der Waals surface area contributed by atoms with Crippen molar-refractivity contribution in [2.24, 2.45) is 0 Å². The number of ketones is 1. The summed E-state index contributed by atoms with van der Waals surface area (Å²) in [7, 11) is 1.43. The number of hydrogen-bond acceptors (Lipinski definition) is 6. The molecule has 0 saturated heterocycles. The lowest BCUT2D eigenvalue weighted by Gasteiger charge is -2.09. The molecule has 1 aliphatic rings. The monoisotopic (exact) mass is 407 g/mol. The van der Waals surface area contributed by atoms with Crippen molar-refractivity contribution in [3.05, 3.63) is 65.5 Å². The molecule has 30 heavy (non-hydrogen) atoms. The number of nitrogens with two attached hydrogens (primary N) is 1. The molecule has 5 rings (SSSR count). The second-order valence-corrected chi connectivity index (χ2v) is 7.02. The molecule has 0 radical (unpaired) electrons. The van der Waals surface area contributed by atoms with Crippen LogP contribution in [0.5, 0.6) is 5.75 Å². The number of anilines is 1. The van der Waals surface area contributed by atoms with E-state index in [1.54, 1.807) is 6.07 Å². The van der Waals surface area contributed by atoms with E-state index in [9.17, 15) is 13.6 Å². The highest BCUT2D eigenvalue weighted by Crippen LogP contribution is 2.37. The normalized spacial score (nSPS) is 15.6. The highest BCUT2D eigenvalue weighted by Gasteiger charge is 2.35. The van der Waals surface area contributed by atoms with Crippen LogP contribution in [-0.2, 0) is 6.42 Å². The van der Waals surface area contributed by atoms with Gasteiger partial charge in [-0.15, -0.1) is 0 Å². The van der Waals surface area contributed by atoms with Crippen LogP contribution in [0, 0.1) is 11.6 Å². The van der Waals surface area contributed by atoms with E-state index in [4.69, 9.17) is 10.5 Å². The third-order valence-electron chi connectivity index (χ3n) is 5.24. The maximum absolute atomic E-state index is 14.1. The first kappa shape index (κ1) is 18.2. The number of rotatable bonds is 3. The summed E-state index contributed by atoms with van der Waals surface area (Å²) in [5, 5.41) is 4.98. The Balaban J connectivity index is 1.71. The van der Waals surface area contributed by atoms with Gasteiger partial charge in [0, 0.05) is 23.6 Å². The van der Waals surface area contributed by atoms with Crippen molar-refractivity contribution in [1.29, 1.82) is 0 Å². The number of nitrogens with zero attached hydrogens (tertiary/aromatic N) is 4. The number of methoxy groups -OCH3 is 1. The Hall–Kier alpha value is -3.88. The lowest BCUT2D eigenvalue weighted by atomic mass is 10.1. The second kappa shape index (κ2) is 6.58. The molecule has 7 nitrogen and oxygen atoms in total. The maximum Gasteiger partial charge on any atom is 0.188 e. The third kappa shape index (κ3) is 2.70. The highest BCUT2D eigenvalue weighted by molar-refractivity contribution is 6.05. The fourth-order valence-electron chi connectivity index (χ4n) is 3.88. The Bertz CT molecular complexity index is 1330. The fraction of sp³-hybridized carbons (Fsp3) is 0.143. The molecular formula is C21H15F2N5O2. The smallest absolute Gasteiger partial charge is 0.188 e. The van der Waals surface area contributed by atoms with E-state index < -0.39 is 17.7 Å².